The van der Waals surface area contributed by atoms with Gasteiger partial charge in [-0.05, 0) is 117 Å². The Morgan fingerprint density at radius 2 is 1.78 bits per heavy atom. The summed E-state index contributed by atoms with van der Waals surface area (Å²) < 4.78 is 0. The van der Waals surface area contributed by atoms with Crippen LogP contribution < -0.4 is 5.32 Å². The molecule has 0 aromatic heterocycles. The fourth-order valence-electron chi connectivity index (χ4n) is 10.5. The van der Waals surface area contributed by atoms with E-state index in [0.29, 0.717) is 28.1 Å². The van der Waals surface area contributed by atoms with Crippen molar-refractivity contribution in [3.05, 3.63) is 36.7 Å². The highest BCUT2D eigenvalue weighted by Crippen LogP contribution is 2.82. The van der Waals surface area contributed by atoms with E-state index in [1.165, 1.54) is 62.9 Å². The summed E-state index contributed by atoms with van der Waals surface area (Å²) in [5, 5.41) is 3.74. The van der Waals surface area contributed by atoms with Crippen LogP contribution in [0.25, 0.3) is 0 Å². The molecule has 5 rings (SSSR count). The number of nitrogens with one attached hydrogen (secondary N) is 1. The number of nitrogens with zero attached hydrogens (tertiary/aromatic N) is 1. The predicted molar refractivity (Wildman–Crippen MR) is 156 cm³/mol. The van der Waals surface area contributed by atoms with Crippen molar-refractivity contribution in [3.8, 4) is 0 Å². The number of likely N-dealkylation sites (tertiary alicyclic amines) is 1. The largest absolute Gasteiger partial charge is 0.363 e. The van der Waals surface area contributed by atoms with E-state index in [1.54, 1.807) is 5.57 Å². The molecule has 4 saturated carbocycles. The highest BCUT2D eigenvalue weighted by Gasteiger charge is 2.75. The minimum atomic E-state index is 0.363. The molecule has 0 radical (unpaired) electrons. The van der Waals surface area contributed by atoms with Gasteiger partial charge in [0.15, 0.2) is 0 Å². The average Bonchev–Trinajstić information content (AvgIpc) is 3.07. The van der Waals surface area contributed by atoms with Gasteiger partial charge >= 0.3 is 0 Å². The third-order valence-electron chi connectivity index (χ3n) is 12.4. The quantitative estimate of drug-likeness (QED) is 0.385. The Hall–Kier alpha value is -1.02. The Morgan fingerprint density at radius 1 is 1.08 bits per heavy atom. The van der Waals surface area contributed by atoms with Gasteiger partial charge < -0.3 is 10.2 Å². The lowest BCUT2D eigenvalue weighted by atomic mass is 9.32. The first kappa shape index (κ1) is 28.0. The van der Waals surface area contributed by atoms with Gasteiger partial charge in [0.05, 0.1) is 0 Å². The topological polar surface area (TPSA) is 15.3 Å². The maximum Gasteiger partial charge on any atom is 0.0120 e. The first-order chi connectivity index (χ1) is 16.9. The first-order valence-corrected chi connectivity index (χ1v) is 15.4. The zero-order valence-corrected chi connectivity index (χ0v) is 25.2. The van der Waals surface area contributed by atoms with Crippen LogP contribution >= 0.6 is 0 Å². The number of hydrogen-bond donors (Lipinski definition) is 1. The summed E-state index contributed by atoms with van der Waals surface area (Å²) in [5.41, 5.74) is 5.40. The summed E-state index contributed by atoms with van der Waals surface area (Å²) in [6, 6.07) is 0. The van der Waals surface area contributed by atoms with Crippen LogP contribution in [0.5, 0.6) is 0 Å². The molecule has 0 amide bonds. The van der Waals surface area contributed by atoms with Crippen LogP contribution in [0.4, 0.5) is 0 Å². The summed E-state index contributed by atoms with van der Waals surface area (Å²) in [7, 11) is 2.24. The maximum absolute atomic E-state index is 4.69. The van der Waals surface area contributed by atoms with Gasteiger partial charge in [-0.1, -0.05) is 73.8 Å². The summed E-state index contributed by atoms with van der Waals surface area (Å²) in [4.78, 5) is 2.45. The highest BCUT2D eigenvalue weighted by atomic mass is 15.1. The second-order valence-corrected chi connectivity index (χ2v) is 14.5. The molecule has 1 saturated heterocycles. The lowest BCUT2D eigenvalue weighted by Crippen LogP contribution is -2.65. The van der Waals surface area contributed by atoms with Gasteiger partial charge in [0.1, 0.15) is 0 Å². The highest BCUT2D eigenvalue weighted by molar-refractivity contribution is 5.34. The summed E-state index contributed by atoms with van der Waals surface area (Å²) in [6.07, 6.45) is 10.5. The fraction of sp³-hybridized carbons (Fsp3) is 0.824. The summed E-state index contributed by atoms with van der Waals surface area (Å²) in [6.45, 7) is 33.0. The fourth-order valence-corrected chi connectivity index (χ4v) is 10.5. The van der Waals surface area contributed by atoms with Crippen molar-refractivity contribution in [2.75, 3.05) is 20.1 Å². The molecule has 9 atom stereocenters. The third kappa shape index (κ3) is 4.26. The standard InChI is InChI=1S/C32H52N2.C2H6/c1-20-16-32-19-31(13-12-21(32)2)24(5)23(4)30(7,8)17-27(28(20)29(31)32)15-22(3)33-25(6)26-11-10-14-34(9)18-26;1-2/h20,23-24,26-29,33H,2-3,6,10-19H2,1,4-5,7-9H3;1-2H3/t20?,23?,24-,26?,27+,28?,29?,31?,32?;/m0./s1. The molecular formula is C34H58N2. The Kier molecular flexibility index (Phi) is 7.73. The van der Waals surface area contributed by atoms with E-state index in [2.05, 4.69) is 71.6 Å². The summed E-state index contributed by atoms with van der Waals surface area (Å²) >= 11 is 0. The average molecular weight is 495 g/mol. The molecule has 2 bridgehead atoms. The monoisotopic (exact) mass is 494 g/mol. The van der Waals surface area contributed by atoms with E-state index in [9.17, 15) is 0 Å². The Labute approximate surface area is 224 Å². The molecule has 5 fully saturated rings. The van der Waals surface area contributed by atoms with E-state index in [4.69, 9.17) is 0 Å². The minimum absolute atomic E-state index is 0.363. The van der Waals surface area contributed by atoms with Crippen LogP contribution in [-0.2, 0) is 0 Å². The molecule has 204 valence electrons. The smallest absolute Gasteiger partial charge is 0.0120 e. The van der Waals surface area contributed by atoms with Crippen LogP contribution in [-0.4, -0.2) is 25.0 Å². The molecule has 0 aromatic carbocycles. The summed E-state index contributed by atoms with van der Waals surface area (Å²) in [5.74, 6) is 5.30. The van der Waals surface area contributed by atoms with Crippen molar-refractivity contribution in [3.63, 3.8) is 0 Å². The number of hydrogen-bond acceptors (Lipinski definition) is 2. The van der Waals surface area contributed by atoms with Crippen molar-refractivity contribution in [1.29, 1.82) is 0 Å². The zero-order chi connectivity index (χ0) is 26.6. The molecule has 1 aliphatic heterocycles. The van der Waals surface area contributed by atoms with Gasteiger partial charge in [-0.3, -0.25) is 0 Å². The van der Waals surface area contributed by atoms with Gasteiger partial charge in [-0.25, -0.2) is 0 Å². The van der Waals surface area contributed by atoms with Gasteiger partial charge in [-0.2, -0.15) is 0 Å². The van der Waals surface area contributed by atoms with E-state index < -0.39 is 0 Å². The molecule has 1 N–H and O–H groups in total. The molecule has 2 heteroatoms. The van der Waals surface area contributed by atoms with E-state index in [-0.39, 0.29) is 0 Å². The Morgan fingerprint density at radius 3 is 2.44 bits per heavy atom. The van der Waals surface area contributed by atoms with Crippen LogP contribution in [0.15, 0.2) is 36.7 Å². The zero-order valence-electron chi connectivity index (χ0n) is 25.2. The van der Waals surface area contributed by atoms with Crippen molar-refractivity contribution in [2.45, 2.75) is 99.8 Å². The Bertz CT molecular complexity index is 868. The molecule has 5 aliphatic rings. The molecule has 0 aromatic rings. The first-order valence-electron chi connectivity index (χ1n) is 15.4. The minimum Gasteiger partial charge on any atom is -0.363 e. The lowest BCUT2D eigenvalue weighted by Gasteiger charge is -2.72. The third-order valence-corrected chi connectivity index (χ3v) is 12.4. The van der Waals surface area contributed by atoms with Crippen LogP contribution in [0.2, 0.25) is 0 Å². The molecule has 2 nitrogen and oxygen atoms in total. The van der Waals surface area contributed by atoms with E-state index in [0.717, 1.165) is 42.6 Å². The van der Waals surface area contributed by atoms with Crippen LogP contribution in [0.3, 0.4) is 0 Å². The second kappa shape index (κ2) is 9.94. The molecule has 36 heavy (non-hydrogen) atoms. The Balaban J connectivity index is 0.00000148. The van der Waals surface area contributed by atoms with Crippen LogP contribution in [0.1, 0.15) is 99.8 Å². The molecular weight excluding hydrogens is 436 g/mol. The predicted octanol–water partition coefficient (Wildman–Crippen LogP) is 8.68. The number of allylic oxidation sites excluding steroid dienone is 2. The SMILES string of the molecule is C=C(C[C@@H]1CC(C)(C)C(C)[C@H](C)C23CCC(=C)C4(CC(C)C1C42)C3)NC(=C)C1CCCN(C)C1.CC. The van der Waals surface area contributed by atoms with Gasteiger partial charge in [0.2, 0.25) is 0 Å². The second-order valence-electron chi connectivity index (χ2n) is 14.5. The molecule has 7 unspecified atom stereocenters. The normalized spacial score (nSPS) is 45.2. The van der Waals surface area contributed by atoms with E-state index >= 15 is 0 Å². The maximum atomic E-state index is 4.69. The lowest BCUT2D eigenvalue weighted by molar-refractivity contribution is -0.204. The number of rotatable bonds is 5. The van der Waals surface area contributed by atoms with Crippen molar-refractivity contribution in [2.24, 2.45) is 57.7 Å². The van der Waals surface area contributed by atoms with Gasteiger partial charge in [-0.15, -0.1) is 0 Å². The van der Waals surface area contributed by atoms with E-state index in [1.807, 2.05) is 13.8 Å². The van der Waals surface area contributed by atoms with Gasteiger partial charge in [0, 0.05) is 23.9 Å². The molecule has 1 heterocycles. The van der Waals surface area contributed by atoms with Gasteiger partial charge in [0.25, 0.3) is 0 Å². The van der Waals surface area contributed by atoms with Crippen LogP contribution in [0, 0.1) is 57.7 Å². The van der Waals surface area contributed by atoms with Crippen molar-refractivity contribution < 1.29 is 0 Å². The van der Waals surface area contributed by atoms with Crippen molar-refractivity contribution in [1.82, 2.24) is 10.2 Å². The van der Waals surface area contributed by atoms with Crippen molar-refractivity contribution >= 4 is 0 Å². The molecule has 4 aliphatic carbocycles. The molecule has 0 spiro atoms. The number of piperidine rings is 1.